The minimum Gasteiger partial charge on any atom is -0.329 e. The van der Waals surface area contributed by atoms with Gasteiger partial charge in [0.25, 0.3) is 11.6 Å². The third kappa shape index (κ3) is 6.00. The van der Waals surface area contributed by atoms with E-state index in [0.717, 1.165) is 0 Å². The van der Waals surface area contributed by atoms with Crippen LogP contribution in [0.5, 0.6) is 0 Å². The van der Waals surface area contributed by atoms with Crippen molar-refractivity contribution in [2.24, 2.45) is 5.10 Å². The third-order valence-electron chi connectivity index (χ3n) is 3.00. The van der Waals surface area contributed by atoms with Gasteiger partial charge in [-0.25, -0.2) is 14.6 Å². The molecule has 3 amide bonds. The highest BCUT2D eigenvalue weighted by Gasteiger charge is 2.06. The number of nitro benzene ring substituents is 1. The Morgan fingerprint density at radius 3 is 2.62 bits per heavy atom. The van der Waals surface area contributed by atoms with Crippen LogP contribution in [0.2, 0.25) is 0 Å². The molecule has 0 fully saturated rings. The lowest BCUT2D eigenvalue weighted by Gasteiger charge is -2.06. The molecule has 2 rings (SSSR count). The number of hydrogen-bond donors (Lipinski definition) is 3. The van der Waals surface area contributed by atoms with Crippen molar-refractivity contribution < 1.29 is 18.9 Å². The lowest BCUT2D eigenvalue weighted by atomic mass is 10.2. The third-order valence-corrected chi connectivity index (χ3v) is 3.00. The number of non-ortho nitro benzene ring substituents is 1. The van der Waals surface area contributed by atoms with Crippen LogP contribution in [-0.4, -0.2) is 29.6 Å². The van der Waals surface area contributed by atoms with Gasteiger partial charge in [-0.15, -0.1) is 0 Å². The van der Waals surface area contributed by atoms with Gasteiger partial charge in [0, 0.05) is 23.4 Å². The summed E-state index contributed by atoms with van der Waals surface area (Å²) in [4.78, 5) is 33.3. The summed E-state index contributed by atoms with van der Waals surface area (Å²) in [6.45, 7) is -0.348. The van der Waals surface area contributed by atoms with Gasteiger partial charge in [0.15, 0.2) is 0 Å². The first-order valence-corrected chi connectivity index (χ1v) is 7.31. The van der Waals surface area contributed by atoms with E-state index in [1.165, 1.54) is 48.7 Å². The zero-order valence-electron chi connectivity index (χ0n) is 13.3. The van der Waals surface area contributed by atoms with Gasteiger partial charge in [-0.1, -0.05) is 12.1 Å². The van der Waals surface area contributed by atoms with E-state index in [1.54, 1.807) is 6.07 Å². The van der Waals surface area contributed by atoms with Crippen molar-refractivity contribution >= 4 is 29.5 Å². The van der Waals surface area contributed by atoms with E-state index in [-0.39, 0.29) is 12.2 Å². The fraction of sp³-hybridized carbons (Fsp3) is 0.0625. The summed E-state index contributed by atoms with van der Waals surface area (Å²) in [7, 11) is 0. The Kier molecular flexibility index (Phi) is 6.32. The van der Waals surface area contributed by atoms with Crippen LogP contribution in [0.25, 0.3) is 0 Å². The number of hydrazone groups is 1. The molecule has 0 radical (unpaired) electrons. The Bertz CT molecular complexity index is 839. The van der Waals surface area contributed by atoms with Gasteiger partial charge < -0.3 is 10.6 Å². The number of amides is 3. The molecule has 0 bridgehead atoms. The molecule has 0 spiro atoms. The number of urea groups is 1. The van der Waals surface area contributed by atoms with Crippen molar-refractivity contribution in [3.8, 4) is 0 Å². The zero-order chi connectivity index (χ0) is 18.9. The van der Waals surface area contributed by atoms with Gasteiger partial charge >= 0.3 is 6.03 Å². The van der Waals surface area contributed by atoms with E-state index < -0.39 is 22.7 Å². The predicted molar refractivity (Wildman–Crippen MR) is 92.3 cm³/mol. The quantitative estimate of drug-likeness (QED) is 0.414. The van der Waals surface area contributed by atoms with E-state index in [2.05, 4.69) is 21.2 Å². The topological polar surface area (TPSA) is 126 Å². The second-order valence-corrected chi connectivity index (χ2v) is 4.96. The second-order valence-electron chi connectivity index (χ2n) is 4.96. The van der Waals surface area contributed by atoms with Gasteiger partial charge in [-0.05, 0) is 24.3 Å². The minimum absolute atomic E-state index is 0.0978. The van der Waals surface area contributed by atoms with Gasteiger partial charge in [-0.2, -0.15) is 5.10 Å². The Morgan fingerprint density at radius 2 is 1.92 bits per heavy atom. The first-order valence-electron chi connectivity index (χ1n) is 7.31. The second kappa shape index (κ2) is 8.87. The highest BCUT2D eigenvalue weighted by molar-refractivity contribution is 5.92. The largest absolute Gasteiger partial charge is 0.329 e. The maximum atomic E-state index is 12.8. The Balaban J connectivity index is 1.76. The molecule has 26 heavy (non-hydrogen) atoms. The molecule has 134 valence electrons. The molecule has 9 nitrogen and oxygen atoms in total. The number of nitro groups is 1. The van der Waals surface area contributed by atoms with E-state index in [0.29, 0.717) is 11.3 Å². The smallest absolute Gasteiger partial charge is 0.319 e. The lowest BCUT2D eigenvalue weighted by molar-refractivity contribution is -0.384. The lowest BCUT2D eigenvalue weighted by Crippen LogP contribution is -2.37. The molecule has 10 heteroatoms. The molecule has 0 aliphatic carbocycles. The molecular formula is C16H14FN5O4. The SMILES string of the molecule is O=C(CNC(=O)Nc1ccc(F)cc1)N/N=C\c1cccc([N+](=O)[O-])c1. The Hall–Kier alpha value is -3.82. The van der Waals surface area contributed by atoms with Crippen LogP contribution in [0.15, 0.2) is 53.6 Å². The summed E-state index contributed by atoms with van der Waals surface area (Å²) in [5, 5.41) is 19.0. The van der Waals surface area contributed by atoms with Gasteiger partial charge in [0.05, 0.1) is 11.1 Å². The number of rotatable bonds is 6. The summed E-state index contributed by atoms with van der Waals surface area (Å²) in [6.07, 6.45) is 1.24. The Morgan fingerprint density at radius 1 is 1.19 bits per heavy atom. The van der Waals surface area contributed by atoms with Crippen molar-refractivity contribution in [2.45, 2.75) is 0 Å². The number of nitrogens with zero attached hydrogens (tertiary/aromatic N) is 2. The van der Waals surface area contributed by atoms with Crippen LogP contribution in [0.4, 0.5) is 20.6 Å². The Labute approximate surface area is 147 Å². The number of halogens is 1. The van der Waals surface area contributed by atoms with Crippen LogP contribution in [0.3, 0.4) is 0 Å². The van der Waals surface area contributed by atoms with Crippen molar-refractivity contribution in [3.05, 3.63) is 70.0 Å². The number of anilines is 1. The molecule has 3 N–H and O–H groups in total. The number of hydrogen-bond acceptors (Lipinski definition) is 5. The van der Waals surface area contributed by atoms with E-state index >= 15 is 0 Å². The summed E-state index contributed by atoms with van der Waals surface area (Å²) >= 11 is 0. The van der Waals surface area contributed by atoms with E-state index in [9.17, 15) is 24.1 Å². The van der Waals surface area contributed by atoms with Crippen LogP contribution in [0, 0.1) is 15.9 Å². The van der Waals surface area contributed by atoms with E-state index in [1.807, 2.05) is 0 Å². The zero-order valence-corrected chi connectivity index (χ0v) is 13.3. The number of carbonyl (C=O) groups excluding carboxylic acids is 2. The molecule has 0 aromatic heterocycles. The van der Waals surface area contributed by atoms with Crippen molar-refractivity contribution in [1.29, 1.82) is 0 Å². The molecule has 0 atom stereocenters. The van der Waals surface area contributed by atoms with E-state index in [4.69, 9.17) is 0 Å². The summed E-state index contributed by atoms with van der Waals surface area (Å²) < 4.78 is 12.8. The first kappa shape index (κ1) is 18.5. The maximum absolute atomic E-state index is 12.8. The van der Waals surface area contributed by atoms with Crippen molar-refractivity contribution in [2.75, 3.05) is 11.9 Å². The maximum Gasteiger partial charge on any atom is 0.319 e. The number of carbonyl (C=O) groups is 2. The molecule has 0 aliphatic heterocycles. The fourth-order valence-corrected chi connectivity index (χ4v) is 1.81. The molecule has 0 unspecified atom stereocenters. The van der Waals surface area contributed by atoms with Crippen LogP contribution in [0.1, 0.15) is 5.56 Å². The van der Waals surface area contributed by atoms with Crippen molar-refractivity contribution in [1.82, 2.24) is 10.7 Å². The first-order chi connectivity index (χ1) is 12.4. The monoisotopic (exact) mass is 359 g/mol. The highest BCUT2D eigenvalue weighted by atomic mass is 19.1. The van der Waals surface area contributed by atoms with Crippen LogP contribution in [-0.2, 0) is 4.79 Å². The summed E-state index contributed by atoms with van der Waals surface area (Å²) in [5.74, 6) is -1.03. The molecular weight excluding hydrogens is 345 g/mol. The summed E-state index contributed by atoms with van der Waals surface area (Å²) in [6, 6.07) is 10.2. The standard InChI is InChI=1S/C16H14FN5O4/c17-12-4-6-13(7-5-12)20-16(24)18-10-15(23)21-19-9-11-2-1-3-14(8-11)22(25)26/h1-9H,10H2,(H,21,23)(H2,18,20,24)/b19-9-. The molecule has 2 aromatic rings. The van der Waals surface area contributed by atoms with Gasteiger partial charge in [-0.3, -0.25) is 14.9 Å². The average molecular weight is 359 g/mol. The normalized spacial score (nSPS) is 10.3. The van der Waals surface area contributed by atoms with Crippen LogP contribution >= 0.6 is 0 Å². The molecule has 2 aromatic carbocycles. The predicted octanol–water partition coefficient (Wildman–Crippen LogP) is 2.01. The van der Waals surface area contributed by atoms with Gasteiger partial charge in [0.1, 0.15) is 12.4 Å². The summed E-state index contributed by atoms with van der Waals surface area (Å²) in [5.41, 5.74) is 2.88. The molecule has 0 aliphatic rings. The molecule has 0 heterocycles. The van der Waals surface area contributed by atoms with Crippen LogP contribution < -0.4 is 16.1 Å². The van der Waals surface area contributed by atoms with Crippen molar-refractivity contribution in [3.63, 3.8) is 0 Å². The van der Waals surface area contributed by atoms with Gasteiger partial charge in [0.2, 0.25) is 0 Å². The average Bonchev–Trinajstić information content (AvgIpc) is 2.62. The fourth-order valence-electron chi connectivity index (χ4n) is 1.81. The molecule has 0 saturated heterocycles. The minimum atomic E-state index is -0.644. The number of nitrogens with one attached hydrogen (secondary N) is 3. The molecule has 0 saturated carbocycles. The number of benzene rings is 2. The highest BCUT2D eigenvalue weighted by Crippen LogP contribution is 2.11.